The number of anilines is 3. The van der Waals surface area contributed by atoms with E-state index in [0.717, 1.165) is 33.6 Å². The molecule has 0 radical (unpaired) electrons. The average Bonchev–Trinajstić information content (AvgIpc) is 3.64. The van der Waals surface area contributed by atoms with E-state index in [2.05, 4.69) is 176 Å². The normalized spacial score (nSPS) is 13.3. The number of benzene rings is 8. The Labute approximate surface area is 285 Å². The standard InChI is InChI=1S/C47H33NO/c1-47(2)41-19-8-5-15-37(41)40-29-33(24-26-42(40)47)48(43-20-9-6-16-38(43)36-18-11-13-30-12-3-4-14-34(30)36)32-23-25-35-31(28-32)22-27-45-46(35)39-17-7-10-21-44(39)49-45/h3-29H,1-2H3. The van der Waals surface area contributed by atoms with Gasteiger partial charge in [-0.3, -0.25) is 0 Å². The summed E-state index contributed by atoms with van der Waals surface area (Å²) in [4.78, 5) is 2.45. The van der Waals surface area contributed by atoms with E-state index in [9.17, 15) is 0 Å². The van der Waals surface area contributed by atoms with Gasteiger partial charge in [0, 0.05) is 33.1 Å². The third-order valence-corrected chi connectivity index (χ3v) is 10.6. The Morgan fingerprint density at radius 2 is 1.10 bits per heavy atom. The number of nitrogens with zero attached hydrogens (tertiary/aromatic N) is 1. The third kappa shape index (κ3) is 4.14. The molecule has 1 aliphatic carbocycles. The number of furan rings is 1. The van der Waals surface area contributed by atoms with E-state index >= 15 is 0 Å². The van der Waals surface area contributed by atoms with Crippen molar-refractivity contribution in [3.8, 4) is 22.3 Å². The molecule has 0 saturated heterocycles. The molecule has 49 heavy (non-hydrogen) atoms. The lowest BCUT2D eigenvalue weighted by atomic mass is 9.82. The Kier molecular flexibility index (Phi) is 5.95. The molecule has 1 aliphatic rings. The second-order valence-electron chi connectivity index (χ2n) is 13.7. The molecule has 0 saturated carbocycles. The molecule has 8 aromatic carbocycles. The third-order valence-electron chi connectivity index (χ3n) is 10.6. The monoisotopic (exact) mass is 627 g/mol. The van der Waals surface area contributed by atoms with Gasteiger partial charge in [-0.1, -0.05) is 135 Å². The van der Waals surface area contributed by atoms with Gasteiger partial charge in [0.05, 0.1) is 5.69 Å². The second-order valence-corrected chi connectivity index (χ2v) is 13.7. The largest absolute Gasteiger partial charge is 0.456 e. The van der Waals surface area contributed by atoms with Crippen LogP contribution in [0.3, 0.4) is 0 Å². The van der Waals surface area contributed by atoms with Crippen LogP contribution in [0.1, 0.15) is 25.0 Å². The van der Waals surface area contributed by atoms with Gasteiger partial charge in [-0.25, -0.2) is 0 Å². The summed E-state index contributed by atoms with van der Waals surface area (Å²) in [5, 5.41) is 7.16. The molecule has 0 amide bonds. The van der Waals surface area contributed by atoms with Crippen LogP contribution in [0.5, 0.6) is 0 Å². The van der Waals surface area contributed by atoms with Gasteiger partial charge < -0.3 is 9.32 Å². The predicted molar refractivity (Wildman–Crippen MR) is 206 cm³/mol. The summed E-state index contributed by atoms with van der Waals surface area (Å²) >= 11 is 0. The fraction of sp³-hybridized carbons (Fsp3) is 0.0638. The van der Waals surface area contributed by atoms with Crippen LogP contribution >= 0.6 is 0 Å². The van der Waals surface area contributed by atoms with Gasteiger partial charge >= 0.3 is 0 Å². The fourth-order valence-corrected chi connectivity index (χ4v) is 8.31. The Morgan fingerprint density at radius 3 is 2.02 bits per heavy atom. The minimum atomic E-state index is -0.0577. The van der Waals surface area contributed by atoms with Crippen molar-refractivity contribution in [2.24, 2.45) is 0 Å². The van der Waals surface area contributed by atoms with E-state index in [4.69, 9.17) is 4.42 Å². The Hall–Kier alpha value is -6.12. The van der Waals surface area contributed by atoms with Crippen LogP contribution in [-0.4, -0.2) is 0 Å². The minimum absolute atomic E-state index is 0.0577. The van der Waals surface area contributed by atoms with Crippen LogP contribution in [0, 0.1) is 0 Å². The molecule has 232 valence electrons. The van der Waals surface area contributed by atoms with Crippen molar-refractivity contribution in [1.82, 2.24) is 0 Å². The second kappa shape index (κ2) is 10.4. The minimum Gasteiger partial charge on any atom is -0.456 e. The molecule has 0 bridgehead atoms. The first-order valence-electron chi connectivity index (χ1n) is 17.0. The molecule has 0 fully saturated rings. The number of para-hydroxylation sites is 2. The summed E-state index contributed by atoms with van der Waals surface area (Å²) < 4.78 is 6.25. The highest BCUT2D eigenvalue weighted by atomic mass is 16.3. The van der Waals surface area contributed by atoms with Crippen LogP contribution in [-0.2, 0) is 5.41 Å². The van der Waals surface area contributed by atoms with Crippen LogP contribution in [0.4, 0.5) is 17.1 Å². The van der Waals surface area contributed by atoms with Gasteiger partial charge in [0.2, 0.25) is 0 Å². The first-order valence-corrected chi connectivity index (χ1v) is 17.0. The SMILES string of the molecule is CC1(C)c2ccccc2-c2cc(N(c3ccc4c(ccc5oc6ccccc6c54)c3)c3ccccc3-c3cccc4ccccc34)ccc21. The zero-order chi connectivity index (χ0) is 32.7. The van der Waals surface area contributed by atoms with Crippen molar-refractivity contribution in [3.63, 3.8) is 0 Å². The van der Waals surface area contributed by atoms with Crippen LogP contribution < -0.4 is 4.90 Å². The molecular formula is C47H33NO. The topological polar surface area (TPSA) is 16.4 Å². The molecule has 0 aliphatic heterocycles. The quantitative estimate of drug-likeness (QED) is 0.193. The van der Waals surface area contributed by atoms with Crippen molar-refractivity contribution in [2.75, 3.05) is 4.90 Å². The first kappa shape index (κ1) is 27.9. The van der Waals surface area contributed by atoms with Crippen molar-refractivity contribution < 1.29 is 4.42 Å². The van der Waals surface area contributed by atoms with Gasteiger partial charge in [0.15, 0.2) is 0 Å². The molecule has 1 aromatic heterocycles. The van der Waals surface area contributed by atoms with E-state index in [1.54, 1.807) is 0 Å². The van der Waals surface area contributed by atoms with Crippen molar-refractivity contribution in [2.45, 2.75) is 19.3 Å². The van der Waals surface area contributed by atoms with Crippen LogP contribution in [0.25, 0.3) is 65.7 Å². The highest BCUT2D eigenvalue weighted by molar-refractivity contribution is 6.19. The zero-order valence-electron chi connectivity index (χ0n) is 27.4. The van der Waals surface area contributed by atoms with E-state index in [1.165, 1.54) is 60.3 Å². The highest BCUT2D eigenvalue weighted by Crippen LogP contribution is 2.51. The summed E-state index contributed by atoms with van der Waals surface area (Å²) in [5.74, 6) is 0. The van der Waals surface area contributed by atoms with Gasteiger partial charge in [0.25, 0.3) is 0 Å². The molecule has 10 rings (SSSR count). The molecular weight excluding hydrogens is 595 g/mol. The van der Waals surface area contributed by atoms with Crippen LogP contribution in [0.2, 0.25) is 0 Å². The van der Waals surface area contributed by atoms with Crippen molar-refractivity contribution in [1.29, 1.82) is 0 Å². The number of fused-ring (bicyclic) bond motifs is 9. The maximum Gasteiger partial charge on any atom is 0.136 e. The molecule has 0 atom stereocenters. The maximum atomic E-state index is 6.25. The molecule has 1 heterocycles. The summed E-state index contributed by atoms with van der Waals surface area (Å²) in [5.41, 5.74) is 12.9. The Balaban J connectivity index is 1.24. The number of hydrogen-bond donors (Lipinski definition) is 0. The first-order chi connectivity index (χ1) is 24.1. The van der Waals surface area contributed by atoms with Gasteiger partial charge in [0.1, 0.15) is 11.2 Å². The smallest absolute Gasteiger partial charge is 0.136 e. The lowest BCUT2D eigenvalue weighted by molar-refractivity contribution is 0.660. The van der Waals surface area contributed by atoms with E-state index < -0.39 is 0 Å². The molecule has 2 nitrogen and oxygen atoms in total. The van der Waals surface area contributed by atoms with E-state index in [-0.39, 0.29) is 5.41 Å². The Bertz CT molecular complexity index is 2760. The summed E-state index contributed by atoms with van der Waals surface area (Å²) in [7, 11) is 0. The van der Waals surface area contributed by atoms with Gasteiger partial charge in [-0.15, -0.1) is 0 Å². The lowest BCUT2D eigenvalue weighted by Crippen LogP contribution is -2.15. The maximum absolute atomic E-state index is 6.25. The molecule has 9 aromatic rings. The lowest BCUT2D eigenvalue weighted by Gasteiger charge is -2.29. The zero-order valence-corrected chi connectivity index (χ0v) is 27.4. The summed E-state index contributed by atoms with van der Waals surface area (Å²) in [6.45, 7) is 4.68. The van der Waals surface area contributed by atoms with Crippen molar-refractivity contribution >= 4 is 60.5 Å². The van der Waals surface area contributed by atoms with Gasteiger partial charge in [-0.2, -0.15) is 0 Å². The molecule has 0 unspecified atom stereocenters. The summed E-state index contributed by atoms with van der Waals surface area (Å²) in [6, 6.07) is 59.6. The van der Waals surface area contributed by atoms with E-state index in [1.807, 2.05) is 6.07 Å². The predicted octanol–water partition coefficient (Wildman–Crippen LogP) is 13.3. The summed E-state index contributed by atoms with van der Waals surface area (Å²) in [6.07, 6.45) is 0. The molecule has 0 spiro atoms. The fourth-order valence-electron chi connectivity index (χ4n) is 8.31. The van der Waals surface area contributed by atoms with Crippen molar-refractivity contribution in [3.05, 3.63) is 175 Å². The van der Waals surface area contributed by atoms with E-state index in [0.29, 0.717) is 0 Å². The number of rotatable bonds is 4. The molecule has 2 heteroatoms. The van der Waals surface area contributed by atoms with Crippen LogP contribution in [0.15, 0.2) is 168 Å². The molecule has 0 N–H and O–H groups in total. The number of hydrogen-bond acceptors (Lipinski definition) is 2. The average molecular weight is 628 g/mol. The highest BCUT2D eigenvalue weighted by Gasteiger charge is 2.35. The van der Waals surface area contributed by atoms with Gasteiger partial charge in [-0.05, 0) is 91.8 Å². The Morgan fingerprint density at radius 1 is 0.429 bits per heavy atom.